The van der Waals surface area contributed by atoms with E-state index in [2.05, 4.69) is 30.5 Å². The van der Waals surface area contributed by atoms with E-state index in [0.29, 0.717) is 61.4 Å². The van der Waals surface area contributed by atoms with Gasteiger partial charge in [0.1, 0.15) is 0 Å². The number of aromatic nitrogens is 6. The zero-order valence-corrected chi connectivity index (χ0v) is 18.7. The monoisotopic (exact) mass is 476 g/mol. The maximum Gasteiger partial charge on any atom is 0.416 e. The summed E-state index contributed by atoms with van der Waals surface area (Å²) in [6.07, 6.45) is -1.58. The van der Waals surface area contributed by atoms with Crippen LogP contribution in [0.3, 0.4) is 0 Å². The van der Waals surface area contributed by atoms with Crippen molar-refractivity contribution in [3.8, 4) is 0 Å². The largest absolute Gasteiger partial charge is 0.416 e. The van der Waals surface area contributed by atoms with E-state index in [0.717, 1.165) is 12.1 Å². The van der Waals surface area contributed by atoms with E-state index in [9.17, 15) is 18.0 Å². The Balaban J connectivity index is 1.42. The lowest BCUT2D eigenvalue weighted by molar-refractivity contribution is -0.137. The van der Waals surface area contributed by atoms with Crippen LogP contribution in [-0.4, -0.2) is 72.2 Å². The number of amides is 1. The second kappa shape index (κ2) is 9.71. The van der Waals surface area contributed by atoms with E-state index >= 15 is 0 Å². The molecule has 34 heavy (non-hydrogen) atoms. The molecule has 0 unspecified atom stereocenters. The predicted molar refractivity (Wildman–Crippen MR) is 113 cm³/mol. The van der Waals surface area contributed by atoms with Crippen LogP contribution in [0.4, 0.5) is 13.2 Å². The van der Waals surface area contributed by atoms with Crippen LogP contribution in [0.2, 0.25) is 0 Å². The molecule has 0 spiro atoms. The van der Waals surface area contributed by atoms with Gasteiger partial charge in [0.25, 0.3) is 0 Å². The summed E-state index contributed by atoms with van der Waals surface area (Å²) in [4.78, 5) is 21.9. The summed E-state index contributed by atoms with van der Waals surface area (Å²) in [6, 6.07) is 3.38. The first-order valence-corrected chi connectivity index (χ1v) is 10.6. The van der Waals surface area contributed by atoms with Crippen molar-refractivity contribution in [1.29, 1.82) is 0 Å². The molecule has 3 aromatic rings. The van der Waals surface area contributed by atoms with Crippen LogP contribution in [0, 0.1) is 13.8 Å². The van der Waals surface area contributed by atoms with Crippen molar-refractivity contribution in [3.05, 3.63) is 58.5 Å². The van der Waals surface area contributed by atoms with E-state index < -0.39 is 11.7 Å². The fraction of sp³-hybridized carbons (Fsp3) is 0.429. The molecule has 10 nitrogen and oxygen atoms in total. The highest BCUT2D eigenvalue weighted by atomic mass is 19.4. The van der Waals surface area contributed by atoms with E-state index in [-0.39, 0.29) is 12.5 Å². The smallest absolute Gasteiger partial charge is 0.340 e. The number of hydrogen-bond donors (Lipinski definition) is 0. The van der Waals surface area contributed by atoms with E-state index in [4.69, 9.17) is 4.52 Å². The second-order valence-corrected chi connectivity index (χ2v) is 7.94. The van der Waals surface area contributed by atoms with Gasteiger partial charge in [0, 0.05) is 39.2 Å². The molecule has 0 N–H and O–H groups in total. The van der Waals surface area contributed by atoms with Gasteiger partial charge in [-0.25, -0.2) is 0 Å². The highest BCUT2D eigenvalue weighted by molar-refractivity contribution is 5.92. The maximum absolute atomic E-state index is 13.2. The minimum absolute atomic E-state index is 0.00709. The molecule has 1 aromatic carbocycles. The van der Waals surface area contributed by atoms with Crippen molar-refractivity contribution in [2.75, 3.05) is 26.2 Å². The summed E-state index contributed by atoms with van der Waals surface area (Å²) in [7, 11) is 0. The number of benzene rings is 1. The van der Waals surface area contributed by atoms with Gasteiger partial charge in [-0.1, -0.05) is 11.2 Å². The third-order valence-corrected chi connectivity index (χ3v) is 5.36. The summed E-state index contributed by atoms with van der Waals surface area (Å²) >= 11 is 0. The average molecular weight is 476 g/mol. The van der Waals surface area contributed by atoms with Gasteiger partial charge >= 0.3 is 6.18 Å². The standard InChI is InChI=1S/C21H23F3N8O2/c1-14-26-29-32(27-14)12-17-11-18(21(22,23)24)5-3-16(17)4-6-20(33)31-9-7-30(8-10-31)13-19-25-15(2)34-28-19/h3-6,11H,7-10,12-13H2,1-2H3. The van der Waals surface area contributed by atoms with Crippen molar-refractivity contribution >= 4 is 12.0 Å². The lowest BCUT2D eigenvalue weighted by Crippen LogP contribution is -2.47. The fourth-order valence-corrected chi connectivity index (χ4v) is 3.62. The number of rotatable bonds is 6. The third kappa shape index (κ3) is 5.84. The number of halogens is 3. The number of tetrazole rings is 1. The van der Waals surface area contributed by atoms with Crippen LogP contribution >= 0.6 is 0 Å². The van der Waals surface area contributed by atoms with Gasteiger partial charge in [-0.3, -0.25) is 9.69 Å². The quantitative estimate of drug-likeness (QED) is 0.498. The summed E-state index contributed by atoms with van der Waals surface area (Å²) in [5.41, 5.74) is 0.0228. The Hall–Kier alpha value is -3.61. The molecule has 1 aliphatic rings. The molecule has 1 aliphatic heterocycles. The van der Waals surface area contributed by atoms with Crippen LogP contribution < -0.4 is 0 Å². The first kappa shape index (κ1) is 23.5. The molecule has 4 rings (SSSR count). The maximum atomic E-state index is 13.2. The van der Waals surface area contributed by atoms with E-state index in [1.165, 1.54) is 23.0 Å². The lowest BCUT2D eigenvalue weighted by Gasteiger charge is -2.33. The van der Waals surface area contributed by atoms with Gasteiger partial charge in [0.15, 0.2) is 11.6 Å². The molecule has 0 radical (unpaired) electrons. The van der Waals surface area contributed by atoms with Crippen molar-refractivity contribution in [2.45, 2.75) is 33.1 Å². The van der Waals surface area contributed by atoms with E-state index in [1.54, 1.807) is 18.7 Å². The van der Waals surface area contributed by atoms with Crippen molar-refractivity contribution in [2.24, 2.45) is 0 Å². The molecular weight excluding hydrogens is 453 g/mol. The normalized spacial score (nSPS) is 15.4. The minimum atomic E-state index is -4.49. The average Bonchev–Trinajstić information content (AvgIpc) is 3.39. The Labute approximate surface area is 193 Å². The van der Waals surface area contributed by atoms with Crippen LogP contribution in [0.1, 0.15) is 34.2 Å². The summed E-state index contributed by atoms with van der Waals surface area (Å²) in [6.45, 7) is 6.23. The van der Waals surface area contributed by atoms with Crippen LogP contribution in [0.15, 0.2) is 28.8 Å². The van der Waals surface area contributed by atoms with Crippen molar-refractivity contribution in [1.82, 2.24) is 40.1 Å². The lowest BCUT2D eigenvalue weighted by atomic mass is 10.0. The molecule has 1 saturated heterocycles. The molecule has 180 valence electrons. The van der Waals surface area contributed by atoms with Gasteiger partial charge in [-0.15, -0.1) is 10.2 Å². The van der Waals surface area contributed by atoms with Gasteiger partial charge in [0.05, 0.1) is 18.7 Å². The topological polar surface area (TPSA) is 106 Å². The first-order chi connectivity index (χ1) is 16.2. The number of hydrogen-bond acceptors (Lipinski definition) is 8. The molecule has 0 saturated carbocycles. The first-order valence-electron chi connectivity index (χ1n) is 10.6. The molecule has 13 heteroatoms. The van der Waals surface area contributed by atoms with Crippen LogP contribution in [0.5, 0.6) is 0 Å². The Kier molecular flexibility index (Phi) is 6.72. The van der Waals surface area contributed by atoms with Crippen molar-refractivity contribution < 1.29 is 22.5 Å². The van der Waals surface area contributed by atoms with Crippen molar-refractivity contribution in [3.63, 3.8) is 0 Å². The summed E-state index contributed by atoms with van der Waals surface area (Å²) in [5.74, 6) is 1.30. The molecule has 1 fully saturated rings. The number of alkyl halides is 3. The van der Waals surface area contributed by atoms with E-state index in [1.807, 2.05) is 0 Å². The highest BCUT2D eigenvalue weighted by Gasteiger charge is 2.31. The number of carbonyl (C=O) groups is 1. The van der Waals surface area contributed by atoms with Gasteiger partial charge < -0.3 is 9.42 Å². The summed E-state index contributed by atoms with van der Waals surface area (Å²) < 4.78 is 44.6. The molecule has 0 atom stereocenters. The summed E-state index contributed by atoms with van der Waals surface area (Å²) in [5, 5.41) is 15.5. The number of piperazine rings is 1. The number of nitrogens with zero attached hydrogens (tertiary/aromatic N) is 8. The zero-order chi connectivity index (χ0) is 24.3. The molecule has 2 aromatic heterocycles. The highest BCUT2D eigenvalue weighted by Crippen LogP contribution is 2.31. The second-order valence-electron chi connectivity index (χ2n) is 7.94. The number of carbonyl (C=O) groups excluding carboxylic acids is 1. The van der Waals surface area contributed by atoms with Crippen LogP contribution in [-0.2, 0) is 24.1 Å². The van der Waals surface area contributed by atoms with Gasteiger partial charge in [0.2, 0.25) is 11.8 Å². The minimum Gasteiger partial charge on any atom is -0.340 e. The fourth-order valence-electron chi connectivity index (χ4n) is 3.62. The van der Waals surface area contributed by atoms with Gasteiger partial charge in [-0.2, -0.15) is 23.0 Å². The Morgan fingerprint density at radius 3 is 2.53 bits per heavy atom. The molecule has 0 bridgehead atoms. The van der Waals surface area contributed by atoms with Crippen LogP contribution in [0.25, 0.3) is 6.08 Å². The Bertz CT molecular complexity index is 1180. The Morgan fingerprint density at radius 2 is 1.91 bits per heavy atom. The predicted octanol–water partition coefficient (Wildman–Crippen LogP) is 2.10. The molecule has 0 aliphatic carbocycles. The van der Waals surface area contributed by atoms with Gasteiger partial charge in [-0.05, 0) is 41.5 Å². The molecule has 1 amide bonds. The molecule has 3 heterocycles. The third-order valence-electron chi connectivity index (χ3n) is 5.36. The molecular formula is C21H23F3N8O2. The SMILES string of the molecule is Cc1nnn(Cc2cc(C(F)(F)F)ccc2C=CC(=O)N2CCN(Cc3noc(C)n3)CC2)n1. The Morgan fingerprint density at radius 1 is 1.15 bits per heavy atom. The number of aryl methyl sites for hydroxylation is 2. The zero-order valence-electron chi connectivity index (χ0n) is 18.7.